The highest BCUT2D eigenvalue weighted by molar-refractivity contribution is 5.31. The van der Waals surface area contributed by atoms with Gasteiger partial charge in [0, 0.05) is 12.0 Å². The minimum Gasteiger partial charge on any atom is -0.508 e. The highest BCUT2D eigenvalue weighted by Crippen LogP contribution is 2.48. The lowest BCUT2D eigenvalue weighted by atomic mass is 10.3. The van der Waals surface area contributed by atoms with Crippen LogP contribution in [-0.2, 0) is 0 Å². The number of benzene rings is 1. The Morgan fingerprint density at radius 3 is 2.87 bits per heavy atom. The Morgan fingerprint density at radius 1 is 1.33 bits per heavy atom. The molecule has 3 nitrogen and oxygen atoms in total. The summed E-state index contributed by atoms with van der Waals surface area (Å²) in [5.74, 6) is 3.44. The van der Waals surface area contributed by atoms with Crippen molar-refractivity contribution in [3.05, 3.63) is 24.3 Å². The quantitative estimate of drug-likeness (QED) is 0.780. The number of ether oxygens (including phenoxy) is 1. The van der Waals surface area contributed by atoms with Gasteiger partial charge in [-0.15, -0.1) is 0 Å². The number of nitrogens with one attached hydrogen (secondary N) is 1. The van der Waals surface area contributed by atoms with Crippen molar-refractivity contribution in [3.8, 4) is 11.5 Å². The molecule has 2 fully saturated rings. The van der Waals surface area contributed by atoms with Gasteiger partial charge in [0.1, 0.15) is 11.5 Å². The Morgan fingerprint density at radius 2 is 2.13 bits per heavy atom. The number of phenols is 1. The molecule has 1 aliphatic carbocycles. The number of piperidine rings is 1. The standard InChI is InChI=1S/C12H15NO2/c14-8-2-1-3-9(4-8)15-7-12-10-5-13-6-11(10)12/h1-4,10-14H,5-7H2. The number of rotatable bonds is 3. The van der Waals surface area contributed by atoms with Gasteiger partial charge in [0.25, 0.3) is 0 Å². The molecule has 15 heavy (non-hydrogen) atoms. The largest absolute Gasteiger partial charge is 0.508 e. The molecule has 0 radical (unpaired) electrons. The highest BCUT2D eigenvalue weighted by Gasteiger charge is 2.52. The van der Waals surface area contributed by atoms with Crippen molar-refractivity contribution in [3.63, 3.8) is 0 Å². The van der Waals surface area contributed by atoms with Gasteiger partial charge in [-0.1, -0.05) is 6.07 Å². The zero-order chi connectivity index (χ0) is 10.3. The van der Waals surface area contributed by atoms with Gasteiger partial charge in [-0.2, -0.15) is 0 Å². The van der Waals surface area contributed by atoms with Crippen molar-refractivity contribution in [1.29, 1.82) is 0 Å². The summed E-state index contributed by atoms with van der Waals surface area (Å²) >= 11 is 0. The molecule has 0 aromatic heterocycles. The molecule has 1 aliphatic heterocycles. The zero-order valence-electron chi connectivity index (χ0n) is 8.52. The Bertz CT molecular complexity index is 356. The van der Waals surface area contributed by atoms with Crippen molar-refractivity contribution in [2.45, 2.75) is 0 Å². The second-order valence-corrected chi connectivity index (χ2v) is 4.46. The van der Waals surface area contributed by atoms with E-state index < -0.39 is 0 Å². The summed E-state index contributed by atoms with van der Waals surface area (Å²) in [7, 11) is 0. The van der Waals surface area contributed by atoms with Crippen LogP contribution in [0, 0.1) is 17.8 Å². The van der Waals surface area contributed by atoms with Crippen LogP contribution >= 0.6 is 0 Å². The topological polar surface area (TPSA) is 41.5 Å². The zero-order valence-corrected chi connectivity index (χ0v) is 8.52. The molecule has 2 aliphatic rings. The summed E-state index contributed by atoms with van der Waals surface area (Å²) in [5, 5.41) is 12.6. The van der Waals surface area contributed by atoms with E-state index in [2.05, 4.69) is 5.32 Å². The molecule has 2 atom stereocenters. The van der Waals surface area contributed by atoms with E-state index in [1.54, 1.807) is 18.2 Å². The van der Waals surface area contributed by atoms with Gasteiger partial charge in [0.2, 0.25) is 0 Å². The van der Waals surface area contributed by atoms with Crippen molar-refractivity contribution < 1.29 is 9.84 Å². The van der Waals surface area contributed by atoms with Crippen LogP contribution in [0.4, 0.5) is 0 Å². The third-order valence-electron chi connectivity index (χ3n) is 3.53. The van der Waals surface area contributed by atoms with Crippen LogP contribution < -0.4 is 10.1 Å². The molecule has 3 heteroatoms. The summed E-state index contributed by atoms with van der Waals surface area (Å²) in [5.41, 5.74) is 0. The molecule has 1 saturated heterocycles. The maximum Gasteiger partial charge on any atom is 0.122 e. The first-order valence-corrected chi connectivity index (χ1v) is 5.47. The predicted molar refractivity (Wildman–Crippen MR) is 56.9 cm³/mol. The predicted octanol–water partition coefficient (Wildman–Crippen LogP) is 1.24. The first-order chi connectivity index (χ1) is 7.34. The van der Waals surface area contributed by atoms with Crippen molar-refractivity contribution in [2.75, 3.05) is 19.7 Å². The molecule has 1 aromatic carbocycles. The van der Waals surface area contributed by atoms with Gasteiger partial charge >= 0.3 is 0 Å². The monoisotopic (exact) mass is 205 g/mol. The summed E-state index contributed by atoms with van der Waals surface area (Å²) < 4.78 is 5.66. The molecular weight excluding hydrogens is 190 g/mol. The van der Waals surface area contributed by atoms with Gasteiger partial charge < -0.3 is 15.2 Å². The van der Waals surface area contributed by atoms with E-state index in [-0.39, 0.29) is 5.75 Å². The third-order valence-corrected chi connectivity index (χ3v) is 3.53. The van der Waals surface area contributed by atoms with Gasteiger partial charge in [0.05, 0.1) is 6.61 Å². The molecule has 0 bridgehead atoms. The van der Waals surface area contributed by atoms with Crippen LogP contribution in [0.5, 0.6) is 11.5 Å². The lowest BCUT2D eigenvalue weighted by molar-refractivity contribution is 0.279. The second-order valence-electron chi connectivity index (χ2n) is 4.46. The Labute approximate surface area is 89.1 Å². The van der Waals surface area contributed by atoms with Crippen LogP contribution in [0.15, 0.2) is 24.3 Å². The van der Waals surface area contributed by atoms with Gasteiger partial charge in [-0.05, 0) is 37.1 Å². The minimum atomic E-state index is 0.269. The smallest absolute Gasteiger partial charge is 0.122 e. The van der Waals surface area contributed by atoms with E-state index in [4.69, 9.17) is 4.74 Å². The van der Waals surface area contributed by atoms with Crippen molar-refractivity contribution in [1.82, 2.24) is 5.32 Å². The summed E-state index contributed by atoms with van der Waals surface area (Å²) in [6, 6.07) is 7.01. The average Bonchev–Trinajstić information content (AvgIpc) is 2.69. The molecular formula is C12H15NO2. The Balaban J connectivity index is 1.54. The lowest BCUT2D eigenvalue weighted by Crippen LogP contribution is -2.17. The van der Waals surface area contributed by atoms with Gasteiger partial charge in [-0.3, -0.25) is 0 Å². The van der Waals surface area contributed by atoms with Crippen LogP contribution in [0.2, 0.25) is 0 Å². The lowest BCUT2D eigenvalue weighted by Gasteiger charge is -2.07. The first kappa shape index (κ1) is 9.04. The number of hydrogen-bond acceptors (Lipinski definition) is 3. The van der Waals surface area contributed by atoms with E-state index in [0.29, 0.717) is 0 Å². The molecule has 1 heterocycles. The number of phenolic OH excluding ortho intramolecular Hbond substituents is 1. The van der Waals surface area contributed by atoms with Crippen molar-refractivity contribution >= 4 is 0 Å². The summed E-state index contributed by atoms with van der Waals surface area (Å²) in [4.78, 5) is 0. The van der Waals surface area contributed by atoms with E-state index >= 15 is 0 Å². The highest BCUT2D eigenvalue weighted by atomic mass is 16.5. The number of hydrogen-bond donors (Lipinski definition) is 2. The first-order valence-electron chi connectivity index (χ1n) is 5.47. The Hall–Kier alpha value is -1.22. The normalized spacial score (nSPS) is 32.4. The van der Waals surface area contributed by atoms with Crippen LogP contribution in [0.3, 0.4) is 0 Å². The molecule has 3 rings (SSSR count). The van der Waals surface area contributed by atoms with Crippen LogP contribution in [-0.4, -0.2) is 24.8 Å². The SMILES string of the molecule is Oc1cccc(OCC2C3CNCC32)c1. The van der Waals surface area contributed by atoms with Gasteiger partial charge in [0.15, 0.2) is 0 Å². The van der Waals surface area contributed by atoms with Gasteiger partial charge in [-0.25, -0.2) is 0 Å². The number of fused-ring (bicyclic) bond motifs is 1. The molecule has 0 spiro atoms. The second kappa shape index (κ2) is 3.42. The van der Waals surface area contributed by atoms with Crippen LogP contribution in [0.25, 0.3) is 0 Å². The third kappa shape index (κ3) is 1.67. The number of aromatic hydroxyl groups is 1. The maximum atomic E-state index is 9.27. The fraction of sp³-hybridized carbons (Fsp3) is 0.500. The fourth-order valence-corrected chi connectivity index (χ4v) is 2.56. The van der Waals surface area contributed by atoms with Crippen LogP contribution in [0.1, 0.15) is 0 Å². The van der Waals surface area contributed by atoms with E-state index in [1.165, 1.54) is 0 Å². The van der Waals surface area contributed by atoms with E-state index in [0.717, 1.165) is 43.2 Å². The molecule has 0 amide bonds. The Kier molecular flexibility index (Phi) is 2.06. The summed E-state index contributed by atoms with van der Waals surface area (Å²) in [6.07, 6.45) is 0. The summed E-state index contributed by atoms with van der Waals surface area (Å²) in [6.45, 7) is 3.10. The molecule has 1 aromatic rings. The molecule has 2 unspecified atom stereocenters. The molecule has 80 valence electrons. The maximum absolute atomic E-state index is 9.27. The van der Waals surface area contributed by atoms with E-state index in [9.17, 15) is 5.11 Å². The van der Waals surface area contributed by atoms with Crippen molar-refractivity contribution in [2.24, 2.45) is 17.8 Å². The van der Waals surface area contributed by atoms with E-state index in [1.807, 2.05) is 6.07 Å². The minimum absolute atomic E-state index is 0.269. The molecule has 2 N–H and O–H groups in total. The molecule has 1 saturated carbocycles. The fourth-order valence-electron chi connectivity index (χ4n) is 2.56. The average molecular weight is 205 g/mol.